The van der Waals surface area contributed by atoms with Gasteiger partial charge in [-0.25, -0.2) is 9.07 Å². The number of halogens is 2. The van der Waals surface area contributed by atoms with Crippen LogP contribution in [0.5, 0.6) is 0 Å². The van der Waals surface area contributed by atoms with Gasteiger partial charge in [0.25, 0.3) is 5.91 Å². The zero-order valence-corrected chi connectivity index (χ0v) is 15.2. The molecule has 2 aromatic rings. The van der Waals surface area contributed by atoms with E-state index in [0.717, 1.165) is 8.25 Å². The lowest BCUT2D eigenvalue weighted by atomic mass is 10.2. The van der Waals surface area contributed by atoms with Crippen LogP contribution in [-0.4, -0.2) is 36.6 Å². The number of carbonyl (C=O) groups excluding carboxylic acids is 1. The highest BCUT2D eigenvalue weighted by atomic mass is 127. The summed E-state index contributed by atoms with van der Waals surface area (Å²) in [5.41, 5.74) is -0.624. The van der Waals surface area contributed by atoms with Crippen LogP contribution < -0.4 is 10.7 Å². The normalized spacial score (nSPS) is 10.7. The summed E-state index contributed by atoms with van der Waals surface area (Å²) in [4.78, 5) is 24.5. The predicted octanol–water partition coefficient (Wildman–Crippen LogP) is 1.46. The lowest BCUT2D eigenvalue weighted by Gasteiger charge is -2.12. The molecule has 1 aromatic heterocycles. The Bertz CT molecular complexity index is 810. The standard InChI is InChI=1S/C15H15FIN3O4/c1-23-7-9-6-20(12-5-10(17)3-4-11(12)16)19-13(14(9)21)15(22)18-8-24-2/h3-6H,7-8H2,1-2H3,(H,18,22). The Morgan fingerprint density at radius 1 is 1.38 bits per heavy atom. The predicted molar refractivity (Wildman–Crippen MR) is 92.6 cm³/mol. The second-order valence-corrected chi connectivity index (χ2v) is 5.99. The van der Waals surface area contributed by atoms with E-state index in [-0.39, 0.29) is 30.3 Å². The largest absolute Gasteiger partial charge is 0.380 e. The van der Waals surface area contributed by atoms with Crippen molar-refractivity contribution in [2.24, 2.45) is 0 Å². The minimum absolute atomic E-state index is 0.0303. The molecule has 1 aromatic carbocycles. The highest BCUT2D eigenvalue weighted by Crippen LogP contribution is 2.16. The summed E-state index contributed by atoms with van der Waals surface area (Å²) >= 11 is 2.03. The smallest absolute Gasteiger partial charge is 0.277 e. The fourth-order valence-electron chi connectivity index (χ4n) is 1.95. The van der Waals surface area contributed by atoms with Gasteiger partial charge in [-0.2, -0.15) is 5.10 Å². The Labute approximate surface area is 150 Å². The third-order valence-corrected chi connectivity index (χ3v) is 3.71. The zero-order valence-electron chi connectivity index (χ0n) is 13.0. The molecule has 0 radical (unpaired) electrons. The molecule has 7 nitrogen and oxygen atoms in total. The van der Waals surface area contributed by atoms with Crippen LogP contribution in [0.2, 0.25) is 0 Å². The number of amides is 1. The monoisotopic (exact) mass is 447 g/mol. The molecule has 0 fully saturated rings. The van der Waals surface area contributed by atoms with Gasteiger partial charge in [-0.1, -0.05) is 0 Å². The molecule has 0 aliphatic carbocycles. The molecule has 9 heteroatoms. The van der Waals surface area contributed by atoms with E-state index in [4.69, 9.17) is 9.47 Å². The summed E-state index contributed by atoms with van der Waals surface area (Å²) in [5.74, 6) is -1.24. The van der Waals surface area contributed by atoms with Gasteiger partial charge in [0, 0.05) is 29.6 Å². The van der Waals surface area contributed by atoms with E-state index in [1.807, 2.05) is 22.6 Å². The highest BCUT2D eigenvalue weighted by molar-refractivity contribution is 14.1. The molecule has 0 aliphatic heterocycles. The first-order chi connectivity index (χ1) is 11.5. The van der Waals surface area contributed by atoms with Crippen molar-refractivity contribution in [1.29, 1.82) is 0 Å². The van der Waals surface area contributed by atoms with Crippen LogP contribution in [0.3, 0.4) is 0 Å². The summed E-state index contributed by atoms with van der Waals surface area (Å²) in [6.07, 6.45) is 1.35. The van der Waals surface area contributed by atoms with Crippen molar-refractivity contribution in [3.63, 3.8) is 0 Å². The van der Waals surface area contributed by atoms with Gasteiger partial charge in [0.15, 0.2) is 5.69 Å². The summed E-state index contributed by atoms with van der Waals surface area (Å²) < 4.78 is 25.8. The lowest BCUT2D eigenvalue weighted by molar-refractivity contribution is 0.0863. The van der Waals surface area contributed by atoms with Gasteiger partial charge >= 0.3 is 0 Å². The van der Waals surface area contributed by atoms with E-state index in [2.05, 4.69) is 10.4 Å². The van der Waals surface area contributed by atoms with Crippen LogP contribution in [0.25, 0.3) is 5.69 Å². The van der Waals surface area contributed by atoms with Gasteiger partial charge in [-0.05, 0) is 40.8 Å². The average Bonchev–Trinajstić information content (AvgIpc) is 2.57. The fourth-order valence-corrected chi connectivity index (χ4v) is 2.43. The maximum atomic E-state index is 14.1. The molecular weight excluding hydrogens is 432 g/mol. The molecule has 1 N–H and O–H groups in total. The van der Waals surface area contributed by atoms with Crippen molar-refractivity contribution in [1.82, 2.24) is 15.1 Å². The maximum absolute atomic E-state index is 14.1. The number of nitrogens with zero attached hydrogens (tertiary/aromatic N) is 2. The Balaban J connectivity index is 2.60. The maximum Gasteiger partial charge on any atom is 0.277 e. The van der Waals surface area contributed by atoms with Crippen molar-refractivity contribution in [2.45, 2.75) is 6.61 Å². The van der Waals surface area contributed by atoms with Crippen LogP contribution in [0, 0.1) is 9.39 Å². The number of rotatable bonds is 6. The molecular formula is C15H15FIN3O4. The van der Waals surface area contributed by atoms with E-state index in [1.165, 1.54) is 26.5 Å². The van der Waals surface area contributed by atoms with Crippen molar-refractivity contribution in [2.75, 3.05) is 21.0 Å². The number of benzene rings is 1. The highest BCUT2D eigenvalue weighted by Gasteiger charge is 2.18. The second-order valence-electron chi connectivity index (χ2n) is 4.74. The molecule has 1 heterocycles. The summed E-state index contributed by atoms with van der Waals surface area (Å²) in [5, 5.41) is 6.37. The number of nitrogens with one attached hydrogen (secondary N) is 1. The van der Waals surface area contributed by atoms with Crippen LogP contribution >= 0.6 is 22.6 Å². The van der Waals surface area contributed by atoms with Crippen LogP contribution in [0.4, 0.5) is 4.39 Å². The molecule has 0 saturated carbocycles. The average molecular weight is 447 g/mol. The van der Waals surface area contributed by atoms with Gasteiger partial charge < -0.3 is 14.8 Å². The first kappa shape index (κ1) is 18.5. The van der Waals surface area contributed by atoms with Gasteiger partial charge in [0.2, 0.25) is 5.43 Å². The quantitative estimate of drug-likeness (QED) is 0.536. The number of hydrogen-bond acceptors (Lipinski definition) is 5. The Kier molecular flexibility index (Phi) is 6.40. The first-order valence-electron chi connectivity index (χ1n) is 6.82. The summed E-state index contributed by atoms with van der Waals surface area (Å²) in [7, 11) is 2.82. The van der Waals surface area contributed by atoms with Crippen molar-refractivity contribution in [3.8, 4) is 5.69 Å². The molecule has 2 rings (SSSR count). The number of hydrogen-bond donors (Lipinski definition) is 1. The van der Waals surface area contributed by atoms with Crippen molar-refractivity contribution >= 4 is 28.5 Å². The lowest BCUT2D eigenvalue weighted by Crippen LogP contribution is -2.34. The van der Waals surface area contributed by atoms with Crippen LogP contribution in [0.15, 0.2) is 29.2 Å². The van der Waals surface area contributed by atoms with Crippen LogP contribution in [0.1, 0.15) is 16.1 Å². The third-order valence-electron chi connectivity index (χ3n) is 3.04. The second kappa shape index (κ2) is 8.31. The van der Waals surface area contributed by atoms with E-state index in [0.29, 0.717) is 0 Å². The van der Waals surface area contributed by atoms with E-state index in [9.17, 15) is 14.0 Å². The van der Waals surface area contributed by atoms with Crippen molar-refractivity contribution in [3.05, 3.63) is 55.3 Å². The topological polar surface area (TPSA) is 82.4 Å². The Hall–Kier alpha value is -1.85. The molecule has 128 valence electrons. The SMILES string of the molecule is COCNC(=O)c1nn(-c2cc(I)ccc2F)cc(COC)c1=O. The summed E-state index contributed by atoms with van der Waals surface area (Å²) in [6.45, 7) is -0.108. The van der Waals surface area contributed by atoms with Gasteiger partial charge in [-0.3, -0.25) is 9.59 Å². The number of aromatic nitrogens is 2. The molecule has 0 saturated heterocycles. The van der Waals surface area contributed by atoms with E-state index in [1.54, 1.807) is 12.1 Å². The third kappa shape index (κ3) is 4.16. The van der Waals surface area contributed by atoms with Gasteiger partial charge in [-0.15, -0.1) is 0 Å². The van der Waals surface area contributed by atoms with Gasteiger partial charge in [0.05, 0.1) is 6.61 Å². The molecule has 0 aliphatic rings. The zero-order chi connectivity index (χ0) is 17.7. The molecule has 0 bridgehead atoms. The summed E-state index contributed by atoms with van der Waals surface area (Å²) in [6, 6.07) is 4.45. The Morgan fingerprint density at radius 3 is 2.79 bits per heavy atom. The van der Waals surface area contributed by atoms with Crippen molar-refractivity contribution < 1.29 is 18.7 Å². The molecule has 0 atom stereocenters. The van der Waals surface area contributed by atoms with Crippen LogP contribution in [-0.2, 0) is 16.1 Å². The number of methoxy groups -OCH3 is 2. The molecule has 24 heavy (non-hydrogen) atoms. The number of carbonyl (C=O) groups is 1. The van der Waals surface area contributed by atoms with E-state index < -0.39 is 17.2 Å². The first-order valence-corrected chi connectivity index (χ1v) is 7.90. The molecule has 0 spiro atoms. The minimum Gasteiger partial charge on any atom is -0.380 e. The number of ether oxygens (including phenoxy) is 2. The minimum atomic E-state index is -0.709. The Morgan fingerprint density at radius 2 is 2.12 bits per heavy atom. The fraction of sp³-hybridized carbons (Fsp3) is 0.267. The van der Waals surface area contributed by atoms with E-state index >= 15 is 0 Å². The van der Waals surface area contributed by atoms with Gasteiger partial charge in [0.1, 0.15) is 18.2 Å². The molecule has 1 amide bonds. The molecule has 0 unspecified atom stereocenters.